The zero-order chi connectivity index (χ0) is 19.6. The Morgan fingerprint density at radius 2 is 2.07 bits per heavy atom. The first-order chi connectivity index (χ1) is 12.9. The van der Waals surface area contributed by atoms with Gasteiger partial charge in [-0.2, -0.15) is 0 Å². The van der Waals surface area contributed by atoms with Gasteiger partial charge in [0.1, 0.15) is 11.8 Å². The van der Waals surface area contributed by atoms with E-state index in [9.17, 15) is 14.9 Å². The summed E-state index contributed by atoms with van der Waals surface area (Å²) in [7, 11) is 0. The van der Waals surface area contributed by atoms with E-state index < -0.39 is 10.9 Å². The minimum atomic E-state index is -0.648. The molecule has 0 aliphatic carbocycles. The summed E-state index contributed by atoms with van der Waals surface area (Å²) < 4.78 is 5.31. The Labute approximate surface area is 164 Å². The van der Waals surface area contributed by atoms with Crippen molar-refractivity contribution in [3.8, 4) is 0 Å². The molecule has 3 aromatic rings. The maximum absolute atomic E-state index is 12.4. The summed E-state index contributed by atoms with van der Waals surface area (Å²) in [5.41, 5.74) is 1.62. The van der Waals surface area contributed by atoms with Crippen LogP contribution in [-0.2, 0) is 11.3 Å². The monoisotopic (exact) mass is 402 g/mol. The predicted molar refractivity (Wildman–Crippen MR) is 105 cm³/mol. The first-order valence-corrected chi connectivity index (χ1v) is 9.55. The number of pyridine rings is 1. The molecule has 2 aromatic carbocycles. The summed E-state index contributed by atoms with van der Waals surface area (Å²) >= 11 is 7.84. The van der Waals surface area contributed by atoms with Gasteiger partial charge in [-0.25, -0.2) is 9.78 Å². The number of aromatic nitrogens is 1. The zero-order valence-corrected chi connectivity index (χ0v) is 16.1. The molecule has 138 valence electrons. The van der Waals surface area contributed by atoms with Crippen molar-refractivity contribution in [2.24, 2.45) is 0 Å². The van der Waals surface area contributed by atoms with Gasteiger partial charge in [0.2, 0.25) is 0 Å². The van der Waals surface area contributed by atoms with Crippen LogP contribution in [0, 0.1) is 17.0 Å². The zero-order valence-electron chi connectivity index (χ0n) is 14.6. The molecule has 0 atom stereocenters. The Kier molecular flexibility index (Phi) is 5.62. The van der Waals surface area contributed by atoms with Crippen LogP contribution in [0.25, 0.3) is 10.9 Å². The van der Waals surface area contributed by atoms with Crippen LogP contribution in [0.3, 0.4) is 0 Å². The average molecular weight is 403 g/mol. The topological polar surface area (TPSA) is 82.3 Å². The molecule has 0 saturated carbocycles. The molecule has 0 unspecified atom stereocenters. The number of benzene rings is 2. The van der Waals surface area contributed by atoms with Crippen molar-refractivity contribution in [2.75, 3.05) is 6.26 Å². The van der Waals surface area contributed by atoms with Crippen molar-refractivity contribution in [1.29, 1.82) is 0 Å². The minimum absolute atomic E-state index is 0.0764. The molecular formula is C19H15ClN2O4S. The van der Waals surface area contributed by atoms with Crippen molar-refractivity contribution < 1.29 is 14.5 Å². The Morgan fingerprint density at radius 3 is 2.78 bits per heavy atom. The Hall–Kier alpha value is -2.64. The number of nitro groups is 1. The lowest BCUT2D eigenvalue weighted by atomic mass is 10.1. The molecule has 0 bridgehead atoms. The molecule has 0 aliphatic rings. The number of esters is 1. The first kappa shape index (κ1) is 19.1. The Balaban J connectivity index is 1.82. The van der Waals surface area contributed by atoms with Crippen LogP contribution in [0.1, 0.15) is 21.5 Å². The van der Waals surface area contributed by atoms with Gasteiger partial charge in [-0.1, -0.05) is 23.7 Å². The van der Waals surface area contributed by atoms with Gasteiger partial charge in [0.25, 0.3) is 5.69 Å². The third-order valence-electron chi connectivity index (χ3n) is 4.13. The first-order valence-electron chi connectivity index (χ1n) is 7.95. The highest BCUT2D eigenvalue weighted by molar-refractivity contribution is 7.98. The second-order valence-electron chi connectivity index (χ2n) is 5.78. The molecule has 3 rings (SSSR count). The highest BCUT2D eigenvalue weighted by atomic mass is 35.5. The van der Waals surface area contributed by atoms with E-state index >= 15 is 0 Å². The molecule has 8 heteroatoms. The van der Waals surface area contributed by atoms with Crippen molar-refractivity contribution in [2.45, 2.75) is 18.4 Å². The third kappa shape index (κ3) is 4.04. The summed E-state index contributed by atoms with van der Waals surface area (Å²) in [4.78, 5) is 28.3. The fourth-order valence-corrected chi connectivity index (χ4v) is 3.29. The van der Waals surface area contributed by atoms with Crippen molar-refractivity contribution in [3.63, 3.8) is 0 Å². The third-order valence-corrected chi connectivity index (χ3v) is 5.18. The molecule has 0 spiro atoms. The van der Waals surface area contributed by atoms with Crippen LogP contribution in [0.2, 0.25) is 5.15 Å². The molecule has 0 aliphatic heterocycles. The highest BCUT2D eigenvalue weighted by Crippen LogP contribution is 2.26. The molecule has 27 heavy (non-hydrogen) atoms. The van der Waals surface area contributed by atoms with Crippen molar-refractivity contribution in [1.82, 2.24) is 4.98 Å². The number of thioether (sulfide) groups is 1. The Bertz CT molecular complexity index is 1060. The SMILES string of the molecule is CSc1ccc2cc(COC(=O)c3cccc([N+](=O)[O-])c3C)c(Cl)nc2c1. The van der Waals surface area contributed by atoms with E-state index in [-0.39, 0.29) is 28.6 Å². The van der Waals surface area contributed by atoms with Gasteiger partial charge in [-0.15, -0.1) is 11.8 Å². The van der Waals surface area contributed by atoms with Crippen molar-refractivity contribution >= 4 is 45.9 Å². The molecule has 0 N–H and O–H groups in total. The number of rotatable bonds is 5. The lowest BCUT2D eigenvalue weighted by molar-refractivity contribution is -0.385. The van der Waals surface area contributed by atoms with Crippen LogP contribution >= 0.6 is 23.4 Å². The van der Waals surface area contributed by atoms with E-state index in [1.165, 1.54) is 25.1 Å². The number of carbonyl (C=O) groups is 1. The Morgan fingerprint density at radius 1 is 1.30 bits per heavy atom. The highest BCUT2D eigenvalue weighted by Gasteiger charge is 2.19. The fourth-order valence-electron chi connectivity index (χ4n) is 2.66. The number of carbonyl (C=O) groups excluding carboxylic acids is 1. The molecule has 0 radical (unpaired) electrons. The summed E-state index contributed by atoms with van der Waals surface area (Å²) in [6, 6.07) is 12.0. The van der Waals surface area contributed by atoms with E-state index in [1.54, 1.807) is 11.8 Å². The van der Waals surface area contributed by atoms with Gasteiger partial charge < -0.3 is 4.74 Å². The summed E-state index contributed by atoms with van der Waals surface area (Å²) in [5.74, 6) is -0.648. The second-order valence-corrected chi connectivity index (χ2v) is 7.02. The maximum atomic E-state index is 12.4. The van der Waals surface area contributed by atoms with E-state index in [4.69, 9.17) is 16.3 Å². The molecule has 1 aromatic heterocycles. The van der Waals surface area contributed by atoms with Gasteiger partial charge in [-0.3, -0.25) is 10.1 Å². The summed E-state index contributed by atoms with van der Waals surface area (Å²) in [5, 5.41) is 12.2. The number of hydrogen-bond acceptors (Lipinski definition) is 6. The average Bonchev–Trinajstić information content (AvgIpc) is 2.65. The van der Waals surface area contributed by atoms with Crippen LogP contribution in [0.5, 0.6) is 0 Å². The van der Waals surface area contributed by atoms with Crippen molar-refractivity contribution in [3.05, 3.63) is 74.4 Å². The van der Waals surface area contributed by atoms with Crippen LogP contribution in [0.4, 0.5) is 5.69 Å². The standard InChI is InChI=1S/C19H15ClN2O4S/c1-11-15(4-3-5-17(11)22(24)25)19(23)26-10-13-8-12-6-7-14(27-2)9-16(12)21-18(13)20/h3-9H,10H2,1-2H3. The number of hydrogen-bond donors (Lipinski definition) is 0. The number of nitrogens with zero attached hydrogens (tertiary/aromatic N) is 2. The van der Waals surface area contributed by atoms with Gasteiger partial charge in [0.05, 0.1) is 16.0 Å². The van der Waals surface area contributed by atoms with Crippen LogP contribution < -0.4 is 0 Å². The normalized spacial score (nSPS) is 10.8. The second kappa shape index (κ2) is 7.94. The number of nitro benzene ring substituents is 1. The van der Waals surface area contributed by atoms with Gasteiger partial charge in [0, 0.05) is 27.5 Å². The molecule has 0 saturated heterocycles. The van der Waals surface area contributed by atoms with Crippen LogP contribution in [0.15, 0.2) is 47.4 Å². The molecule has 1 heterocycles. The fraction of sp³-hybridized carbons (Fsp3) is 0.158. The summed E-state index contributed by atoms with van der Waals surface area (Å²) in [6.45, 7) is 1.44. The minimum Gasteiger partial charge on any atom is -0.457 e. The van der Waals surface area contributed by atoms with E-state index in [0.717, 1.165) is 15.8 Å². The number of ether oxygens (including phenoxy) is 1. The lowest BCUT2D eigenvalue weighted by Crippen LogP contribution is -2.09. The predicted octanol–water partition coefficient (Wildman–Crippen LogP) is 5.18. The molecule has 0 amide bonds. The number of halogens is 1. The molecule has 6 nitrogen and oxygen atoms in total. The molecular weight excluding hydrogens is 388 g/mol. The lowest BCUT2D eigenvalue weighted by Gasteiger charge is -2.10. The quantitative estimate of drug-likeness (QED) is 0.192. The maximum Gasteiger partial charge on any atom is 0.338 e. The van der Waals surface area contributed by atoms with E-state index in [0.29, 0.717) is 5.56 Å². The van der Waals surface area contributed by atoms with E-state index in [2.05, 4.69) is 4.98 Å². The number of fused-ring (bicyclic) bond motifs is 1. The van der Waals surface area contributed by atoms with Gasteiger partial charge >= 0.3 is 5.97 Å². The smallest absolute Gasteiger partial charge is 0.338 e. The molecule has 0 fully saturated rings. The van der Waals surface area contributed by atoms with Gasteiger partial charge in [-0.05, 0) is 37.4 Å². The van der Waals surface area contributed by atoms with E-state index in [1.807, 2.05) is 30.5 Å². The summed E-state index contributed by atoms with van der Waals surface area (Å²) in [6.07, 6.45) is 1.98. The van der Waals surface area contributed by atoms with Gasteiger partial charge in [0.15, 0.2) is 0 Å². The van der Waals surface area contributed by atoms with Crippen LogP contribution in [-0.4, -0.2) is 22.1 Å². The largest absolute Gasteiger partial charge is 0.457 e.